The lowest BCUT2D eigenvalue weighted by Crippen LogP contribution is -2.15. The number of nitrogens with zero attached hydrogens (tertiary/aromatic N) is 4. The van der Waals surface area contributed by atoms with Gasteiger partial charge < -0.3 is 10.2 Å². The molecule has 0 aliphatic carbocycles. The monoisotopic (exact) mass is 427 g/mol. The highest BCUT2D eigenvalue weighted by Crippen LogP contribution is 2.25. The predicted octanol–water partition coefficient (Wildman–Crippen LogP) is 4.58. The summed E-state index contributed by atoms with van der Waals surface area (Å²) in [5, 5.41) is 12.8. The first-order valence-electron chi connectivity index (χ1n) is 8.98. The molecule has 0 atom stereocenters. The first-order valence-corrected chi connectivity index (χ1v) is 10.3. The Bertz CT molecular complexity index is 983. The maximum atomic E-state index is 12.4. The molecule has 0 aliphatic heterocycles. The van der Waals surface area contributed by atoms with E-state index in [4.69, 9.17) is 11.6 Å². The molecule has 2 aromatic carbocycles. The summed E-state index contributed by atoms with van der Waals surface area (Å²) < 4.78 is 1.93. The Labute approximate surface area is 179 Å². The Hall–Kier alpha value is -2.77. The van der Waals surface area contributed by atoms with E-state index in [-0.39, 0.29) is 11.7 Å². The van der Waals surface area contributed by atoms with Crippen LogP contribution in [0.3, 0.4) is 0 Å². The van der Waals surface area contributed by atoms with Gasteiger partial charge in [-0.3, -0.25) is 9.36 Å². The number of halogens is 1. The van der Waals surface area contributed by atoms with E-state index in [2.05, 4.69) is 22.1 Å². The van der Waals surface area contributed by atoms with Crippen LogP contribution < -0.4 is 10.2 Å². The zero-order valence-electron chi connectivity index (χ0n) is 16.3. The SMILES string of the molecule is C=CCn1c(SCC(=O)Nc2ccc(N(C)C)cc2)nnc1-c1ccc(Cl)cc1. The molecular formula is C21H22ClN5OS. The van der Waals surface area contributed by atoms with Crippen molar-refractivity contribution in [2.24, 2.45) is 0 Å². The second-order valence-electron chi connectivity index (χ2n) is 6.49. The van der Waals surface area contributed by atoms with Gasteiger partial charge in [0.2, 0.25) is 5.91 Å². The molecule has 8 heteroatoms. The van der Waals surface area contributed by atoms with Crippen molar-refractivity contribution in [3.05, 3.63) is 66.2 Å². The fourth-order valence-corrected chi connectivity index (χ4v) is 3.55. The summed E-state index contributed by atoms with van der Waals surface area (Å²) in [6.07, 6.45) is 1.78. The van der Waals surface area contributed by atoms with Crippen molar-refractivity contribution in [2.45, 2.75) is 11.7 Å². The van der Waals surface area contributed by atoms with Crippen molar-refractivity contribution in [2.75, 3.05) is 30.1 Å². The molecule has 3 rings (SSSR count). The largest absolute Gasteiger partial charge is 0.378 e. The summed E-state index contributed by atoms with van der Waals surface area (Å²) in [6, 6.07) is 15.1. The molecule has 0 bridgehead atoms. The van der Waals surface area contributed by atoms with Crippen LogP contribution in [0.25, 0.3) is 11.4 Å². The van der Waals surface area contributed by atoms with Crippen LogP contribution in [-0.4, -0.2) is 40.5 Å². The third-order valence-electron chi connectivity index (χ3n) is 4.13. The van der Waals surface area contributed by atoms with Crippen molar-refractivity contribution in [3.63, 3.8) is 0 Å². The summed E-state index contributed by atoms with van der Waals surface area (Å²) in [5.74, 6) is 0.836. The molecule has 150 valence electrons. The number of nitrogens with one attached hydrogen (secondary N) is 1. The van der Waals surface area contributed by atoms with E-state index in [0.29, 0.717) is 22.5 Å². The number of anilines is 2. The van der Waals surface area contributed by atoms with Gasteiger partial charge in [0.05, 0.1) is 5.75 Å². The van der Waals surface area contributed by atoms with Crippen LogP contribution >= 0.6 is 23.4 Å². The second-order valence-corrected chi connectivity index (χ2v) is 7.87. The molecule has 0 unspecified atom stereocenters. The van der Waals surface area contributed by atoms with Crippen molar-refractivity contribution in [1.82, 2.24) is 14.8 Å². The van der Waals surface area contributed by atoms with Gasteiger partial charge in [-0.05, 0) is 48.5 Å². The molecule has 6 nitrogen and oxygen atoms in total. The van der Waals surface area contributed by atoms with Crippen LogP contribution in [0.2, 0.25) is 5.02 Å². The molecule has 0 fully saturated rings. The number of hydrogen-bond donors (Lipinski definition) is 1. The zero-order chi connectivity index (χ0) is 20.8. The summed E-state index contributed by atoms with van der Waals surface area (Å²) in [5.41, 5.74) is 2.74. The predicted molar refractivity (Wildman–Crippen MR) is 121 cm³/mol. The normalized spacial score (nSPS) is 10.6. The topological polar surface area (TPSA) is 63.1 Å². The quantitative estimate of drug-likeness (QED) is 0.421. The van der Waals surface area contributed by atoms with E-state index in [9.17, 15) is 4.79 Å². The van der Waals surface area contributed by atoms with E-state index in [0.717, 1.165) is 16.9 Å². The lowest BCUT2D eigenvalue weighted by atomic mass is 10.2. The summed E-state index contributed by atoms with van der Waals surface area (Å²) >= 11 is 7.31. The van der Waals surface area contributed by atoms with E-state index in [1.807, 2.05) is 72.1 Å². The van der Waals surface area contributed by atoms with Gasteiger partial charge in [-0.2, -0.15) is 0 Å². The number of carbonyl (C=O) groups is 1. The van der Waals surface area contributed by atoms with E-state index >= 15 is 0 Å². The minimum atomic E-state index is -0.103. The number of thioether (sulfide) groups is 1. The van der Waals surface area contributed by atoms with Crippen LogP contribution in [0.5, 0.6) is 0 Å². The third kappa shape index (κ3) is 5.40. The smallest absolute Gasteiger partial charge is 0.234 e. The molecule has 1 amide bonds. The van der Waals surface area contributed by atoms with Gasteiger partial charge >= 0.3 is 0 Å². The maximum Gasteiger partial charge on any atom is 0.234 e. The van der Waals surface area contributed by atoms with E-state index in [1.165, 1.54) is 11.8 Å². The number of amides is 1. The molecule has 0 radical (unpaired) electrons. The first-order chi connectivity index (χ1) is 14.0. The van der Waals surface area contributed by atoms with Crippen LogP contribution in [0.15, 0.2) is 66.3 Å². The summed E-state index contributed by atoms with van der Waals surface area (Å²) in [4.78, 5) is 14.4. The maximum absolute atomic E-state index is 12.4. The number of allylic oxidation sites excluding steroid dienone is 1. The number of benzene rings is 2. The fourth-order valence-electron chi connectivity index (χ4n) is 2.67. The fraction of sp³-hybridized carbons (Fsp3) is 0.190. The van der Waals surface area contributed by atoms with Crippen LogP contribution in [0.4, 0.5) is 11.4 Å². The van der Waals surface area contributed by atoms with Crippen molar-refractivity contribution in [3.8, 4) is 11.4 Å². The Morgan fingerprint density at radius 3 is 2.48 bits per heavy atom. The molecule has 1 aromatic heterocycles. The van der Waals surface area contributed by atoms with Crippen molar-refractivity contribution >= 4 is 40.6 Å². The number of rotatable bonds is 8. The molecule has 0 aliphatic rings. The number of hydrogen-bond acceptors (Lipinski definition) is 5. The zero-order valence-corrected chi connectivity index (χ0v) is 17.9. The average molecular weight is 428 g/mol. The molecule has 0 spiro atoms. The highest BCUT2D eigenvalue weighted by Gasteiger charge is 2.15. The summed E-state index contributed by atoms with van der Waals surface area (Å²) in [7, 11) is 3.95. The number of aromatic nitrogens is 3. The van der Waals surface area contributed by atoms with Gasteiger partial charge in [-0.1, -0.05) is 29.4 Å². The van der Waals surface area contributed by atoms with E-state index in [1.54, 1.807) is 6.08 Å². The van der Waals surface area contributed by atoms with Gasteiger partial charge in [0.15, 0.2) is 11.0 Å². The Balaban J connectivity index is 1.67. The van der Waals surface area contributed by atoms with Gasteiger partial charge in [-0.15, -0.1) is 16.8 Å². The summed E-state index contributed by atoms with van der Waals surface area (Å²) in [6.45, 7) is 4.35. The van der Waals surface area contributed by atoms with Crippen LogP contribution in [-0.2, 0) is 11.3 Å². The molecule has 3 aromatic rings. The second kappa shape index (κ2) is 9.62. The van der Waals surface area contributed by atoms with Gasteiger partial charge in [0, 0.05) is 42.6 Å². The molecule has 0 saturated heterocycles. The van der Waals surface area contributed by atoms with Gasteiger partial charge in [0.25, 0.3) is 0 Å². The van der Waals surface area contributed by atoms with Crippen LogP contribution in [0.1, 0.15) is 0 Å². The number of carbonyl (C=O) groups excluding carboxylic acids is 1. The third-order valence-corrected chi connectivity index (χ3v) is 5.35. The molecule has 0 saturated carbocycles. The first kappa shape index (κ1) is 21.0. The van der Waals surface area contributed by atoms with Gasteiger partial charge in [-0.25, -0.2) is 0 Å². The van der Waals surface area contributed by atoms with Gasteiger partial charge in [0.1, 0.15) is 0 Å². The average Bonchev–Trinajstić information content (AvgIpc) is 3.10. The molecule has 1 N–H and O–H groups in total. The highest BCUT2D eigenvalue weighted by molar-refractivity contribution is 7.99. The minimum absolute atomic E-state index is 0.103. The highest BCUT2D eigenvalue weighted by atomic mass is 35.5. The lowest BCUT2D eigenvalue weighted by molar-refractivity contribution is -0.113. The molecule has 1 heterocycles. The van der Waals surface area contributed by atoms with Crippen molar-refractivity contribution < 1.29 is 4.79 Å². The van der Waals surface area contributed by atoms with E-state index < -0.39 is 0 Å². The van der Waals surface area contributed by atoms with Crippen molar-refractivity contribution in [1.29, 1.82) is 0 Å². The lowest BCUT2D eigenvalue weighted by Gasteiger charge is -2.13. The minimum Gasteiger partial charge on any atom is -0.378 e. The van der Waals surface area contributed by atoms with Crippen LogP contribution in [0, 0.1) is 0 Å². The molecular weight excluding hydrogens is 406 g/mol. The Morgan fingerprint density at radius 2 is 1.86 bits per heavy atom. The Morgan fingerprint density at radius 1 is 1.17 bits per heavy atom. The Kier molecular flexibility index (Phi) is 6.95. The molecule has 29 heavy (non-hydrogen) atoms. The standard InChI is InChI=1S/C21H22ClN5OS/c1-4-13-27-20(15-5-7-16(22)8-6-15)24-25-21(27)29-14-19(28)23-17-9-11-18(12-10-17)26(2)3/h4-12H,1,13-14H2,2-3H3,(H,23,28).